The summed E-state index contributed by atoms with van der Waals surface area (Å²) in [6.07, 6.45) is 1.80. The number of carbonyl (C=O) groups excluding carboxylic acids is 1. The molecule has 3 aromatic rings. The van der Waals surface area contributed by atoms with Crippen molar-refractivity contribution in [1.82, 2.24) is 14.5 Å². The van der Waals surface area contributed by atoms with Crippen molar-refractivity contribution in [2.24, 2.45) is 5.10 Å². The lowest BCUT2D eigenvalue weighted by atomic mass is 10.2. The predicted octanol–water partition coefficient (Wildman–Crippen LogP) is 2.15. The zero-order valence-corrected chi connectivity index (χ0v) is 16.8. The molecule has 1 aliphatic heterocycles. The third-order valence-corrected chi connectivity index (χ3v) is 5.88. The Kier molecular flexibility index (Phi) is 5.57. The van der Waals surface area contributed by atoms with E-state index in [1.165, 1.54) is 22.8 Å². The number of rotatable bonds is 5. The van der Waals surface area contributed by atoms with Gasteiger partial charge in [0.15, 0.2) is 0 Å². The number of hydrogen-bond acceptors (Lipinski definition) is 7. The van der Waals surface area contributed by atoms with Gasteiger partial charge in [0.05, 0.1) is 34.4 Å². The largest absolute Gasteiger partial charge is 0.337 e. The molecule has 1 aromatic heterocycles. The summed E-state index contributed by atoms with van der Waals surface area (Å²) in [5, 5.41) is 17.3. The van der Waals surface area contributed by atoms with Crippen LogP contribution in [0.3, 0.4) is 0 Å². The fourth-order valence-electron chi connectivity index (χ4n) is 3.30. The van der Waals surface area contributed by atoms with E-state index in [-0.39, 0.29) is 23.0 Å². The van der Waals surface area contributed by atoms with Gasteiger partial charge in [0.1, 0.15) is 6.54 Å². The van der Waals surface area contributed by atoms with Crippen molar-refractivity contribution in [2.45, 2.75) is 6.54 Å². The predicted molar refractivity (Wildman–Crippen MR) is 115 cm³/mol. The molecule has 10 heteroatoms. The Bertz CT molecular complexity index is 1160. The van der Waals surface area contributed by atoms with Crippen molar-refractivity contribution in [3.63, 3.8) is 0 Å². The van der Waals surface area contributed by atoms with E-state index in [1.54, 1.807) is 11.1 Å². The van der Waals surface area contributed by atoms with Crippen LogP contribution in [0.1, 0.15) is 5.56 Å². The first-order chi connectivity index (χ1) is 14.5. The summed E-state index contributed by atoms with van der Waals surface area (Å²) in [7, 11) is 0. The van der Waals surface area contributed by atoms with Gasteiger partial charge in [0.25, 0.3) is 5.69 Å². The quantitative estimate of drug-likeness (QED) is 0.354. The van der Waals surface area contributed by atoms with E-state index in [4.69, 9.17) is 0 Å². The van der Waals surface area contributed by atoms with Gasteiger partial charge in [0, 0.05) is 25.2 Å². The Morgan fingerprint density at radius 3 is 2.57 bits per heavy atom. The number of hydrogen-bond donors (Lipinski definition) is 0. The summed E-state index contributed by atoms with van der Waals surface area (Å²) in [4.78, 5) is 36.9. The molecule has 0 saturated carbocycles. The number of nitrogens with zero attached hydrogens (tertiary/aromatic N) is 5. The summed E-state index contributed by atoms with van der Waals surface area (Å²) in [6.45, 7) is 2.19. The third kappa shape index (κ3) is 4.23. The Morgan fingerprint density at radius 2 is 1.87 bits per heavy atom. The molecular formula is C20H19N5O4S. The smallest absolute Gasteiger partial charge is 0.308 e. The maximum Gasteiger partial charge on any atom is 0.308 e. The van der Waals surface area contributed by atoms with Gasteiger partial charge in [-0.25, -0.2) is 0 Å². The molecule has 0 unspecified atom stereocenters. The van der Waals surface area contributed by atoms with Crippen molar-refractivity contribution >= 4 is 39.4 Å². The molecule has 0 aliphatic carbocycles. The van der Waals surface area contributed by atoms with Crippen LogP contribution in [0.5, 0.6) is 0 Å². The third-order valence-electron chi connectivity index (χ3n) is 4.93. The van der Waals surface area contributed by atoms with E-state index in [1.807, 2.05) is 35.3 Å². The van der Waals surface area contributed by atoms with E-state index in [0.717, 1.165) is 16.9 Å². The Labute approximate surface area is 175 Å². The maximum atomic E-state index is 12.7. The van der Waals surface area contributed by atoms with E-state index in [2.05, 4.69) is 5.10 Å². The highest BCUT2D eigenvalue weighted by atomic mass is 32.1. The highest BCUT2D eigenvalue weighted by Gasteiger charge is 2.22. The Morgan fingerprint density at radius 1 is 1.13 bits per heavy atom. The number of nitro groups is 1. The number of nitro benzene ring substituents is 1. The zero-order chi connectivity index (χ0) is 21.1. The monoisotopic (exact) mass is 425 g/mol. The van der Waals surface area contributed by atoms with Crippen LogP contribution < -0.4 is 4.87 Å². The van der Waals surface area contributed by atoms with Crippen LogP contribution in [0.25, 0.3) is 10.2 Å². The minimum absolute atomic E-state index is 0.0746. The van der Waals surface area contributed by atoms with Gasteiger partial charge < -0.3 is 4.90 Å². The number of hydrazone groups is 1. The summed E-state index contributed by atoms with van der Waals surface area (Å²) < 4.78 is 1.88. The molecule has 1 aliphatic rings. The Hall–Kier alpha value is -3.53. The van der Waals surface area contributed by atoms with Gasteiger partial charge in [0.2, 0.25) is 5.91 Å². The van der Waals surface area contributed by atoms with Gasteiger partial charge in [-0.1, -0.05) is 41.7 Å². The van der Waals surface area contributed by atoms with Crippen LogP contribution in [0.2, 0.25) is 0 Å². The van der Waals surface area contributed by atoms with E-state index in [9.17, 15) is 19.7 Å². The summed E-state index contributed by atoms with van der Waals surface area (Å²) in [5.74, 6) is -0.151. The second-order valence-corrected chi connectivity index (χ2v) is 7.85. The number of aromatic nitrogens is 1. The topological polar surface area (TPSA) is 101 Å². The maximum absolute atomic E-state index is 12.7. The number of thiazole rings is 1. The second kappa shape index (κ2) is 8.46. The molecular weight excluding hydrogens is 406 g/mol. The number of piperazine rings is 1. The lowest BCUT2D eigenvalue weighted by Gasteiger charge is -2.33. The van der Waals surface area contributed by atoms with Gasteiger partial charge in [-0.15, -0.1) is 0 Å². The van der Waals surface area contributed by atoms with Crippen LogP contribution in [-0.4, -0.2) is 57.7 Å². The van der Waals surface area contributed by atoms with Crippen LogP contribution in [0.15, 0.2) is 58.4 Å². The SMILES string of the molecule is O=C(Cn1c(=O)sc2cc([N+](=O)[O-])ccc21)N1CCN(/N=C/c2ccccc2)CC1. The average Bonchev–Trinajstić information content (AvgIpc) is 3.07. The number of amides is 1. The molecule has 1 fully saturated rings. The lowest BCUT2D eigenvalue weighted by molar-refractivity contribution is -0.384. The first kappa shape index (κ1) is 19.8. The van der Waals surface area contributed by atoms with Crippen LogP contribution in [0, 0.1) is 10.1 Å². The fourth-order valence-corrected chi connectivity index (χ4v) is 4.23. The second-order valence-electron chi connectivity index (χ2n) is 6.85. The van der Waals surface area contributed by atoms with Gasteiger partial charge in [-0.3, -0.25) is 29.3 Å². The molecule has 154 valence electrons. The molecule has 0 radical (unpaired) electrons. The standard InChI is InChI=1S/C20H19N5O4S/c26-19(14-24-17-7-6-16(25(28)29)12-18(17)30-20(24)27)22-8-10-23(11-9-22)21-13-15-4-2-1-3-5-15/h1-7,12-13H,8-11,14H2/b21-13+. The summed E-state index contributed by atoms with van der Waals surface area (Å²) in [5.41, 5.74) is 1.48. The molecule has 2 heterocycles. The molecule has 2 aromatic carbocycles. The molecule has 0 bridgehead atoms. The number of fused-ring (bicyclic) bond motifs is 1. The van der Waals surface area contributed by atoms with E-state index >= 15 is 0 Å². The molecule has 0 spiro atoms. The molecule has 4 rings (SSSR count). The van der Waals surface area contributed by atoms with Crippen molar-refractivity contribution in [2.75, 3.05) is 26.2 Å². The molecule has 1 saturated heterocycles. The molecule has 30 heavy (non-hydrogen) atoms. The first-order valence-electron chi connectivity index (χ1n) is 9.41. The number of benzene rings is 2. The molecule has 0 N–H and O–H groups in total. The van der Waals surface area contributed by atoms with Gasteiger partial charge in [-0.05, 0) is 11.6 Å². The van der Waals surface area contributed by atoms with Gasteiger partial charge >= 0.3 is 4.87 Å². The van der Waals surface area contributed by atoms with Crippen LogP contribution >= 0.6 is 11.3 Å². The minimum atomic E-state index is -0.501. The van der Waals surface area contributed by atoms with Crippen LogP contribution in [0.4, 0.5) is 5.69 Å². The lowest BCUT2D eigenvalue weighted by Crippen LogP contribution is -2.48. The molecule has 0 atom stereocenters. The Balaban J connectivity index is 1.39. The van der Waals surface area contributed by atoms with Crippen molar-refractivity contribution < 1.29 is 9.72 Å². The normalized spacial score (nSPS) is 14.5. The number of carbonyl (C=O) groups is 1. The highest BCUT2D eigenvalue weighted by molar-refractivity contribution is 7.16. The fraction of sp³-hybridized carbons (Fsp3) is 0.250. The van der Waals surface area contributed by atoms with Gasteiger partial charge in [-0.2, -0.15) is 5.10 Å². The highest BCUT2D eigenvalue weighted by Crippen LogP contribution is 2.23. The van der Waals surface area contributed by atoms with Crippen molar-refractivity contribution in [1.29, 1.82) is 0 Å². The van der Waals surface area contributed by atoms with Crippen molar-refractivity contribution in [3.8, 4) is 0 Å². The van der Waals surface area contributed by atoms with E-state index in [0.29, 0.717) is 36.4 Å². The molecule has 1 amide bonds. The van der Waals surface area contributed by atoms with E-state index < -0.39 is 4.92 Å². The minimum Gasteiger partial charge on any atom is -0.337 e. The molecule has 9 nitrogen and oxygen atoms in total. The average molecular weight is 425 g/mol. The summed E-state index contributed by atoms with van der Waals surface area (Å²) in [6, 6.07) is 14.0. The zero-order valence-electron chi connectivity index (χ0n) is 16.0. The first-order valence-corrected chi connectivity index (χ1v) is 10.2. The van der Waals surface area contributed by atoms with Crippen LogP contribution in [-0.2, 0) is 11.3 Å². The summed E-state index contributed by atoms with van der Waals surface area (Å²) >= 11 is 0.909. The van der Waals surface area contributed by atoms with Crippen molar-refractivity contribution in [3.05, 3.63) is 73.9 Å². The number of non-ortho nitro benzene ring substituents is 1.